The van der Waals surface area contributed by atoms with Crippen molar-refractivity contribution in [3.05, 3.63) is 58.1 Å². The minimum absolute atomic E-state index is 0.330. The highest BCUT2D eigenvalue weighted by Crippen LogP contribution is 2.26. The van der Waals surface area contributed by atoms with Crippen LogP contribution in [0.3, 0.4) is 0 Å². The van der Waals surface area contributed by atoms with Gasteiger partial charge in [-0.1, -0.05) is 17.7 Å². The molecule has 0 aliphatic rings. The van der Waals surface area contributed by atoms with E-state index in [0.717, 1.165) is 11.1 Å². The van der Waals surface area contributed by atoms with Gasteiger partial charge in [0.05, 0.1) is 20.4 Å². The number of ether oxygens (including phenoxy) is 2. The molecule has 0 bridgehead atoms. The highest BCUT2D eigenvalue weighted by Gasteiger charge is 2.06. The van der Waals surface area contributed by atoms with Crippen molar-refractivity contribution < 1.29 is 14.3 Å². The molecule has 0 aromatic heterocycles. The Morgan fingerprint density at radius 1 is 1.13 bits per heavy atom. The largest absolute Gasteiger partial charge is 0.493 e. The van der Waals surface area contributed by atoms with Gasteiger partial charge in [0.25, 0.3) is 5.91 Å². The number of hydrogen-bond acceptors (Lipinski definition) is 4. The standard InChI is InChI=1S/C17H17ClN2O3/c1-11-4-6-13(9-14(11)18)17(21)20-19-10-12-5-7-15(22-2)16(8-12)23-3/h4-10H,1-3H3,(H,20,21)/b19-10-. The number of methoxy groups -OCH3 is 2. The lowest BCUT2D eigenvalue weighted by Gasteiger charge is -2.07. The van der Waals surface area contributed by atoms with E-state index in [1.54, 1.807) is 50.6 Å². The number of carbonyl (C=O) groups is 1. The second-order valence-electron chi connectivity index (χ2n) is 4.78. The molecule has 23 heavy (non-hydrogen) atoms. The van der Waals surface area contributed by atoms with E-state index in [0.29, 0.717) is 22.1 Å². The fraction of sp³-hybridized carbons (Fsp3) is 0.176. The number of aryl methyl sites for hydroxylation is 1. The van der Waals surface area contributed by atoms with Gasteiger partial charge in [-0.15, -0.1) is 0 Å². The van der Waals surface area contributed by atoms with Crippen LogP contribution >= 0.6 is 11.6 Å². The third-order valence-electron chi connectivity index (χ3n) is 3.22. The van der Waals surface area contributed by atoms with Crippen molar-refractivity contribution in [1.29, 1.82) is 0 Å². The zero-order chi connectivity index (χ0) is 16.8. The molecule has 120 valence electrons. The Kier molecular flexibility index (Phi) is 5.60. The van der Waals surface area contributed by atoms with Gasteiger partial charge in [-0.3, -0.25) is 4.79 Å². The molecule has 0 aliphatic heterocycles. The molecule has 5 nitrogen and oxygen atoms in total. The summed E-state index contributed by atoms with van der Waals surface area (Å²) in [6.45, 7) is 1.87. The number of rotatable bonds is 5. The van der Waals surface area contributed by atoms with Crippen molar-refractivity contribution in [3.63, 3.8) is 0 Å². The lowest BCUT2D eigenvalue weighted by atomic mass is 10.1. The molecule has 2 aromatic carbocycles. The predicted octanol–water partition coefficient (Wildman–Crippen LogP) is 3.43. The van der Waals surface area contributed by atoms with Gasteiger partial charge in [0.15, 0.2) is 11.5 Å². The summed E-state index contributed by atoms with van der Waals surface area (Å²) in [5.74, 6) is 0.889. The summed E-state index contributed by atoms with van der Waals surface area (Å²) in [6, 6.07) is 10.4. The number of hydrazone groups is 1. The Balaban J connectivity index is 2.06. The first kappa shape index (κ1) is 16.8. The van der Waals surface area contributed by atoms with Crippen LogP contribution in [0, 0.1) is 6.92 Å². The van der Waals surface area contributed by atoms with Crippen LogP contribution in [0.4, 0.5) is 0 Å². The molecule has 0 radical (unpaired) electrons. The molecular weight excluding hydrogens is 316 g/mol. The summed E-state index contributed by atoms with van der Waals surface area (Å²) in [7, 11) is 3.13. The minimum atomic E-state index is -0.330. The van der Waals surface area contributed by atoms with Crippen molar-refractivity contribution >= 4 is 23.7 Å². The van der Waals surface area contributed by atoms with E-state index in [9.17, 15) is 4.79 Å². The molecule has 0 heterocycles. The second kappa shape index (κ2) is 7.65. The molecule has 0 saturated carbocycles. The molecule has 0 unspecified atom stereocenters. The smallest absolute Gasteiger partial charge is 0.271 e. The topological polar surface area (TPSA) is 59.9 Å². The van der Waals surface area contributed by atoms with E-state index >= 15 is 0 Å². The summed E-state index contributed by atoms with van der Waals surface area (Å²) in [6.07, 6.45) is 1.52. The van der Waals surface area contributed by atoms with Gasteiger partial charge in [-0.05, 0) is 48.4 Å². The van der Waals surface area contributed by atoms with Crippen molar-refractivity contribution in [2.75, 3.05) is 14.2 Å². The van der Waals surface area contributed by atoms with Crippen molar-refractivity contribution in [2.45, 2.75) is 6.92 Å². The molecular formula is C17H17ClN2O3. The van der Waals surface area contributed by atoms with E-state index in [4.69, 9.17) is 21.1 Å². The summed E-state index contributed by atoms with van der Waals surface area (Å²) in [5.41, 5.74) is 4.59. The first-order chi connectivity index (χ1) is 11.0. The molecule has 0 spiro atoms. The highest BCUT2D eigenvalue weighted by atomic mass is 35.5. The lowest BCUT2D eigenvalue weighted by molar-refractivity contribution is 0.0955. The second-order valence-corrected chi connectivity index (χ2v) is 5.18. The number of nitrogens with one attached hydrogen (secondary N) is 1. The number of amides is 1. The Hall–Kier alpha value is -2.53. The zero-order valence-corrected chi connectivity index (χ0v) is 13.8. The Morgan fingerprint density at radius 3 is 2.52 bits per heavy atom. The molecule has 1 amide bonds. The molecule has 2 aromatic rings. The summed E-state index contributed by atoms with van der Waals surface area (Å²) >= 11 is 6.01. The molecule has 1 N–H and O–H groups in total. The fourth-order valence-corrected chi connectivity index (χ4v) is 2.08. The molecule has 0 atom stereocenters. The third kappa shape index (κ3) is 4.23. The fourth-order valence-electron chi connectivity index (χ4n) is 1.90. The molecule has 0 saturated heterocycles. The summed E-state index contributed by atoms with van der Waals surface area (Å²) < 4.78 is 10.4. The van der Waals surface area contributed by atoms with Gasteiger partial charge in [0.2, 0.25) is 0 Å². The molecule has 2 rings (SSSR count). The van der Waals surface area contributed by atoms with Crippen molar-refractivity contribution in [3.8, 4) is 11.5 Å². The van der Waals surface area contributed by atoms with Gasteiger partial charge in [0.1, 0.15) is 0 Å². The zero-order valence-electron chi connectivity index (χ0n) is 13.1. The maximum absolute atomic E-state index is 12.0. The SMILES string of the molecule is COc1ccc(/C=N\NC(=O)c2ccc(C)c(Cl)c2)cc1OC. The van der Waals surface area contributed by atoms with Crippen LogP contribution in [0.1, 0.15) is 21.5 Å². The van der Waals surface area contributed by atoms with Crippen LogP contribution in [0.25, 0.3) is 0 Å². The van der Waals surface area contributed by atoms with Crippen molar-refractivity contribution in [1.82, 2.24) is 5.43 Å². The van der Waals surface area contributed by atoms with E-state index in [2.05, 4.69) is 10.5 Å². The first-order valence-electron chi connectivity index (χ1n) is 6.86. The van der Waals surface area contributed by atoms with E-state index in [1.165, 1.54) is 6.21 Å². The van der Waals surface area contributed by atoms with Crippen molar-refractivity contribution in [2.24, 2.45) is 5.10 Å². The maximum Gasteiger partial charge on any atom is 0.271 e. The van der Waals surface area contributed by atoms with E-state index < -0.39 is 0 Å². The molecule has 6 heteroatoms. The van der Waals surface area contributed by atoms with Crippen LogP contribution in [-0.4, -0.2) is 26.3 Å². The van der Waals surface area contributed by atoms with E-state index in [1.807, 2.05) is 6.92 Å². The minimum Gasteiger partial charge on any atom is -0.493 e. The van der Waals surface area contributed by atoms with Gasteiger partial charge >= 0.3 is 0 Å². The van der Waals surface area contributed by atoms with Crippen LogP contribution in [0.5, 0.6) is 11.5 Å². The number of nitrogens with zero attached hydrogens (tertiary/aromatic N) is 1. The summed E-state index contributed by atoms with van der Waals surface area (Å²) in [4.78, 5) is 12.0. The molecule has 0 fully saturated rings. The Labute approximate surface area is 139 Å². The van der Waals surface area contributed by atoms with Gasteiger partial charge in [-0.25, -0.2) is 5.43 Å². The maximum atomic E-state index is 12.0. The monoisotopic (exact) mass is 332 g/mol. The number of halogens is 1. The Bertz CT molecular complexity index is 745. The van der Waals surface area contributed by atoms with Crippen LogP contribution < -0.4 is 14.9 Å². The van der Waals surface area contributed by atoms with Crippen LogP contribution in [-0.2, 0) is 0 Å². The number of benzene rings is 2. The average Bonchev–Trinajstić information content (AvgIpc) is 2.57. The number of hydrogen-bond donors (Lipinski definition) is 1. The average molecular weight is 333 g/mol. The quantitative estimate of drug-likeness (QED) is 0.674. The third-order valence-corrected chi connectivity index (χ3v) is 3.63. The first-order valence-corrected chi connectivity index (χ1v) is 7.24. The lowest BCUT2D eigenvalue weighted by Crippen LogP contribution is -2.17. The Morgan fingerprint density at radius 2 is 1.87 bits per heavy atom. The van der Waals surface area contributed by atoms with Gasteiger partial charge in [0, 0.05) is 10.6 Å². The molecule has 0 aliphatic carbocycles. The van der Waals surface area contributed by atoms with Gasteiger partial charge < -0.3 is 9.47 Å². The van der Waals surface area contributed by atoms with Crippen LogP contribution in [0.15, 0.2) is 41.5 Å². The van der Waals surface area contributed by atoms with Crippen LogP contribution in [0.2, 0.25) is 5.02 Å². The number of carbonyl (C=O) groups excluding carboxylic acids is 1. The predicted molar refractivity (Wildman–Crippen MR) is 90.8 cm³/mol. The van der Waals surface area contributed by atoms with E-state index in [-0.39, 0.29) is 5.91 Å². The van der Waals surface area contributed by atoms with Gasteiger partial charge in [-0.2, -0.15) is 5.10 Å². The highest BCUT2D eigenvalue weighted by molar-refractivity contribution is 6.31. The summed E-state index contributed by atoms with van der Waals surface area (Å²) in [5, 5.41) is 4.48. The normalized spacial score (nSPS) is 10.6.